The van der Waals surface area contributed by atoms with Gasteiger partial charge in [-0.15, -0.1) is 22.7 Å². The number of amides is 1. The third kappa shape index (κ3) is 3.79. The van der Waals surface area contributed by atoms with Crippen LogP contribution in [-0.4, -0.2) is 29.9 Å². The van der Waals surface area contributed by atoms with Gasteiger partial charge in [-0.25, -0.2) is 9.18 Å². The molecule has 0 bridgehead atoms. The van der Waals surface area contributed by atoms with Crippen molar-refractivity contribution in [1.29, 1.82) is 0 Å². The van der Waals surface area contributed by atoms with E-state index >= 15 is 0 Å². The van der Waals surface area contributed by atoms with Crippen LogP contribution in [0, 0.1) is 5.82 Å². The van der Waals surface area contributed by atoms with E-state index in [1.54, 1.807) is 46.6 Å². The highest BCUT2D eigenvalue weighted by Crippen LogP contribution is 2.30. The van der Waals surface area contributed by atoms with Crippen molar-refractivity contribution in [1.82, 2.24) is 4.90 Å². The number of benzene rings is 1. The van der Waals surface area contributed by atoms with E-state index < -0.39 is 5.97 Å². The van der Waals surface area contributed by atoms with Gasteiger partial charge < -0.3 is 9.64 Å². The van der Waals surface area contributed by atoms with Gasteiger partial charge in [-0.2, -0.15) is 0 Å². The molecule has 0 atom stereocenters. The SMILES string of the molecule is O=C(OCC(=O)N1CCc2sccc2C1)c1ccc(-c2ccccc2F)s1. The Morgan fingerprint density at radius 1 is 1.15 bits per heavy atom. The van der Waals surface area contributed by atoms with E-state index in [4.69, 9.17) is 4.74 Å². The number of hydrogen-bond acceptors (Lipinski definition) is 5. The van der Waals surface area contributed by atoms with Crippen LogP contribution in [0.5, 0.6) is 0 Å². The minimum Gasteiger partial charge on any atom is -0.451 e. The highest BCUT2D eigenvalue weighted by molar-refractivity contribution is 7.17. The molecule has 0 N–H and O–H groups in total. The second-order valence-corrected chi connectivity index (χ2v) is 8.24. The summed E-state index contributed by atoms with van der Waals surface area (Å²) in [5.41, 5.74) is 1.61. The third-order valence-corrected chi connectivity index (χ3v) is 6.56. The highest BCUT2D eigenvalue weighted by Gasteiger charge is 2.23. The van der Waals surface area contributed by atoms with E-state index in [9.17, 15) is 14.0 Å². The Morgan fingerprint density at radius 3 is 2.85 bits per heavy atom. The Labute approximate surface area is 163 Å². The lowest BCUT2D eigenvalue weighted by molar-refractivity contribution is -0.135. The molecule has 0 saturated heterocycles. The van der Waals surface area contributed by atoms with Crippen LogP contribution in [0.3, 0.4) is 0 Å². The monoisotopic (exact) mass is 401 g/mol. The average Bonchev–Trinajstić information content (AvgIpc) is 3.35. The zero-order valence-electron chi connectivity index (χ0n) is 14.3. The van der Waals surface area contributed by atoms with Crippen LogP contribution in [0.15, 0.2) is 47.8 Å². The summed E-state index contributed by atoms with van der Waals surface area (Å²) in [6, 6.07) is 11.7. The average molecular weight is 401 g/mol. The van der Waals surface area contributed by atoms with Crippen molar-refractivity contribution in [3.05, 3.63) is 69.0 Å². The first-order valence-corrected chi connectivity index (χ1v) is 10.2. The first-order valence-electron chi connectivity index (χ1n) is 8.46. The lowest BCUT2D eigenvalue weighted by Crippen LogP contribution is -2.38. The van der Waals surface area contributed by atoms with Crippen LogP contribution >= 0.6 is 22.7 Å². The van der Waals surface area contributed by atoms with Crippen LogP contribution in [0.2, 0.25) is 0 Å². The van der Waals surface area contributed by atoms with Crippen molar-refractivity contribution in [3.8, 4) is 10.4 Å². The molecular weight excluding hydrogens is 385 g/mol. The summed E-state index contributed by atoms with van der Waals surface area (Å²) in [6.07, 6.45) is 0.837. The Hall–Kier alpha value is -2.51. The molecule has 0 saturated carbocycles. The van der Waals surface area contributed by atoms with Gasteiger partial charge >= 0.3 is 5.97 Å². The molecule has 1 aliphatic heterocycles. The fourth-order valence-corrected chi connectivity index (χ4v) is 4.82. The van der Waals surface area contributed by atoms with Gasteiger partial charge in [-0.1, -0.05) is 18.2 Å². The smallest absolute Gasteiger partial charge is 0.348 e. The molecule has 4 nitrogen and oxygen atoms in total. The number of halogens is 1. The Morgan fingerprint density at radius 2 is 2.00 bits per heavy atom. The molecule has 1 aliphatic rings. The number of carbonyl (C=O) groups excluding carboxylic acids is 2. The standard InChI is InChI=1S/C20H16FNO3S2/c21-15-4-2-1-3-14(15)17-5-6-18(27-17)20(24)25-12-19(23)22-9-7-16-13(11-22)8-10-26-16/h1-6,8,10H,7,9,11-12H2. The number of nitrogens with zero attached hydrogens (tertiary/aromatic N) is 1. The summed E-state index contributed by atoms with van der Waals surface area (Å²) >= 11 is 2.86. The zero-order valence-corrected chi connectivity index (χ0v) is 15.9. The third-order valence-electron chi connectivity index (χ3n) is 4.43. The maximum absolute atomic E-state index is 13.9. The van der Waals surface area contributed by atoms with Gasteiger partial charge in [-0.3, -0.25) is 4.79 Å². The topological polar surface area (TPSA) is 46.6 Å². The predicted molar refractivity (Wildman–Crippen MR) is 103 cm³/mol. The fourth-order valence-electron chi connectivity index (χ4n) is 3.00. The van der Waals surface area contributed by atoms with Crippen LogP contribution in [-0.2, 0) is 22.5 Å². The minimum absolute atomic E-state index is 0.203. The van der Waals surface area contributed by atoms with E-state index in [0.717, 1.165) is 17.8 Å². The Bertz CT molecular complexity index is 995. The molecule has 0 aliphatic carbocycles. The molecule has 27 heavy (non-hydrogen) atoms. The summed E-state index contributed by atoms with van der Waals surface area (Å²) in [6.45, 7) is 0.914. The fraction of sp³-hybridized carbons (Fsp3) is 0.200. The molecule has 0 unspecified atom stereocenters. The maximum Gasteiger partial charge on any atom is 0.348 e. The summed E-state index contributed by atoms with van der Waals surface area (Å²) in [5.74, 6) is -1.11. The highest BCUT2D eigenvalue weighted by atomic mass is 32.1. The first kappa shape index (κ1) is 17.9. The molecule has 0 spiro atoms. The molecule has 2 aromatic heterocycles. The number of ether oxygens (including phenoxy) is 1. The van der Waals surface area contributed by atoms with Crippen LogP contribution < -0.4 is 0 Å². The molecule has 138 valence electrons. The van der Waals surface area contributed by atoms with Crippen LogP contribution in [0.4, 0.5) is 4.39 Å². The summed E-state index contributed by atoms with van der Waals surface area (Å²) in [7, 11) is 0. The second-order valence-electron chi connectivity index (χ2n) is 6.15. The predicted octanol–water partition coefficient (Wildman–Crippen LogP) is 4.36. The van der Waals surface area contributed by atoms with Gasteiger partial charge in [0.25, 0.3) is 5.91 Å². The van der Waals surface area contributed by atoms with Gasteiger partial charge in [0.15, 0.2) is 6.61 Å². The number of carbonyl (C=O) groups is 2. The van der Waals surface area contributed by atoms with Crippen molar-refractivity contribution >= 4 is 34.6 Å². The number of fused-ring (bicyclic) bond motifs is 1. The molecule has 0 radical (unpaired) electrons. The zero-order chi connectivity index (χ0) is 18.8. The van der Waals surface area contributed by atoms with E-state index in [1.807, 2.05) is 11.4 Å². The van der Waals surface area contributed by atoms with Gasteiger partial charge in [0.1, 0.15) is 10.7 Å². The Kier molecular flexibility index (Phi) is 5.05. The summed E-state index contributed by atoms with van der Waals surface area (Å²) < 4.78 is 19.0. The first-order chi connectivity index (χ1) is 13.1. The molecule has 3 heterocycles. The van der Waals surface area contributed by atoms with Crippen molar-refractivity contribution in [2.75, 3.05) is 13.2 Å². The second kappa shape index (κ2) is 7.62. The Balaban J connectivity index is 1.36. The van der Waals surface area contributed by atoms with E-state index in [0.29, 0.717) is 28.4 Å². The van der Waals surface area contributed by atoms with Gasteiger partial charge in [-0.05, 0) is 41.6 Å². The molecular formula is C20H16FNO3S2. The van der Waals surface area contributed by atoms with Crippen molar-refractivity contribution in [3.63, 3.8) is 0 Å². The number of esters is 1. The van der Waals surface area contributed by atoms with Gasteiger partial charge in [0.05, 0.1) is 0 Å². The molecule has 7 heteroatoms. The van der Waals surface area contributed by atoms with Crippen molar-refractivity contribution in [2.24, 2.45) is 0 Å². The quantitative estimate of drug-likeness (QED) is 0.611. The normalized spacial score (nSPS) is 13.3. The van der Waals surface area contributed by atoms with Crippen LogP contribution in [0.25, 0.3) is 10.4 Å². The van der Waals surface area contributed by atoms with Crippen LogP contribution in [0.1, 0.15) is 20.1 Å². The lowest BCUT2D eigenvalue weighted by atomic mass is 10.1. The van der Waals surface area contributed by atoms with E-state index in [1.165, 1.54) is 16.5 Å². The van der Waals surface area contributed by atoms with E-state index in [-0.39, 0.29) is 18.3 Å². The van der Waals surface area contributed by atoms with E-state index in [2.05, 4.69) is 0 Å². The van der Waals surface area contributed by atoms with Crippen molar-refractivity contribution < 1.29 is 18.7 Å². The minimum atomic E-state index is -0.566. The van der Waals surface area contributed by atoms with Crippen molar-refractivity contribution in [2.45, 2.75) is 13.0 Å². The maximum atomic E-state index is 13.9. The summed E-state index contributed by atoms with van der Waals surface area (Å²) in [5, 5.41) is 2.03. The number of hydrogen-bond donors (Lipinski definition) is 0. The summed E-state index contributed by atoms with van der Waals surface area (Å²) in [4.78, 5) is 28.6. The molecule has 4 rings (SSSR count). The molecule has 0 fully saturated rings. The lowest BCUT2D eigenvalue weighted by Gasteiger charge is -2.26. The number of thiophene rings is 2. The largest absolute Gasteiger partial charge is 0.451 e. The molecule has 1 amide bonds. The van der Waals surface area contributed by atoms with Gasteiger partial charge in [0, 0.05) is 28.4 Å². The molecule has 1 aromatic carbocycles. The number of rotatable bonds is 4. The molecule has 3 aromatic rings. The van der Waals surface area contributed by atoms with Gasteiger partial charge in [0.2, 0.25) is 0 Å².